The molecule has 3 aromatic carbocycles. The number of piperazine rings is 1. The number of benzene rings is 3. The molecule has 44 heavy (non-hydrogen) atoms. The summed E-state index contributed by atoms with van der Waals surface area (Å²) in [4.78, 5) is 42.6. The normalized spacial score (nSPS) is 13.7. The van der Waals surface area contributed by atoms with E-state index in [0.717, 1.165) is 22.4 Å². The quantitative estimate of drug-likeness (QED) is 0.102. The molecular weight excluding hydrogens is 578 g/mol. The van der Waals surface area contributed by atoms with E-state index in [2.05, 4.69) is 4.90 Å². The monoisotopic (exact) mass is 605 g/mol. The highest BCUT2D eigenvalue weighted by Crippen LogP contribution is 2.21. The van der Waals surface area contributed by atoms with E-state index < -0.39 is 51.8 Å². The van der Waals surface area contributed by atoms with Crippen LogP contribution in [0.25, 0.3) is 5.76 Å². The molecule has 0 radical (unpaired) electrons. The van der Waals surface area contributed by atoms with Crippen LogP contribution >= 0.6 is 0 Å². The Bertz CT molecular complexity index is 1800. The van der Waals surface area contributed by atoms with Gasteiger partial charge in [-0.05, 0) is 53.1 Å². The number of hydrogen-bond acceptors (Lipinski definition) is 5. The lowest BCUT2D eigenvalue weighted by molar-refractivity contribution is -0.142. The molecule has 1 aromatic heterocycles. The first kappa shape index (κ1) is 30.3. The van der Waals surface area contributed by atoms with Gasteiger partial charge in [0.05, 0.1) is 12.1 Å². The fourth-order valence-corrected chi connectivity index (χ4v) is 5.08. The number of halogens is 4. The van der Waals surface area contributed by atoms with Gasteiger partial charge in [0.1, 0.15) is 11.6 Å². The third-order valence-corrected chi connectivity index (χ3v) is 7.34. The largest absolute Gasteiger partial charge is 0.507 e. The van der Waals surface area contributed by atoms with Crippen LogP contribution in [0.1, 0.15) is 22.3 Å². The maximum atomic E-state index is 14.5. The maximum Gasteiger partial charge on any atom is 0.294 e. The highest BCUT2D eigenvalue weighted by Gasteiger charge is 2.26. The molecule has 1 fully saturated rings. The summed E-state index contributed by atoms with van der Waals surface area (Å²) in [6.45, 7) is 1.36. The summed E-state index contributed by atoms with van der Waals surface area (Å²) in [5.41, 5.74) is 0.165. The van der Waals surface area contributed by atoms with E-state index in [9.17, 15) is 37.1 Å². The predicted molar refractivity (Wildman–Crippen MR) is 156 cm³/mol. The van der Waals surface area contributed by atoms with Crippen LogP contribution in [-0.4, -0.2) is 52.4 Å². The van der Waals surface area contributed by atoms with Gasteiger partial charge in [0.2, 0.25) is 5.78 Å². The fraction of sp³-hybridized carbons (Fsp3) is 0.182. The molecule has 0 unspecified atom stereocenters. The zero-order chi connectivity index (χ0) is 31.4. The van der Waals surface area contributed by atoms with Crippen LogP contribution in [0, 0.1) is 23.3 Å². The first-order valence-electron chi connectivity index (χ1n) is 13.7. The van der Waals surface area contributed by atoms with Gasteiger partial charge in [-0.25, -0.2) is 17.6 Å². The topological polar surface area (TPSA) is 82.8 Å². The summed E-state index contributed by atoms with van der Waals surface area (Å²) < 4.78 is 56.8. The van der Waals surface area contributed by atoms with Crippen molar-refractivity contribution in [1.29, 1.82) is 0 Å². The van der Waals surface area contributed by atoms with Crippen LogP contribution < -0.4 is 10.5 Å². The molecule has 1 aliphatic rings. The van der Waals surface area contributed by atoms with Crippen LogP contribution in [-0.2, 0) is 22.6 Å². The molecule has 0 atom stereocenters. The molecule has 1 saturated heterocycles. The average molecular weight is 606 g/mol. The standard InChI is InChI=1S/C33H27F4N3O4/c34-24-6-4-5-21(16-24)19-40-20-22(15-23-9-10-27(35)31(37)30(23)36)17-26(32(40)43)28(41)18-29(42)33(44)39-13-11-38(12-14-39)25-7-2-1-3-8-25/h1-10,16-18,20,41H,11-15,19H2/b28-18-. The van der Waals surface area contributed by atoms with E-state index in [-0.39, 0.29) is 37.2 Å². The van der Waals surface area contributed by atoms with Gasteiger partial charge in [-0.15, -0.1) is 0 Å². The van der Waals surface area contributed by atoms with Crippen LogP contribution in [0.2, 0.25) is 0 Å². The highest BCUT2D eigenvalue weighted by molar-refractivity contribution is 6.41. The maximum absolute atomic E-state index is 14.5. The fourth-order valence-electron chi connectivity index (χ4n) is 5.08. The average Bonchev–Trinajstić information content (AvgIpc) is 3.03. The van der Waals surface area contributed by atoms with E-state index in [4.69, 9.17) is 0 Å². The highest BCUT2D eigenvalue weighted by atomic mass is 19.2. The summed E-state index contributed by atoms with van der Waals surface area (Å²) in [6, 6.07) is 18.0. The molecule has 1 amide bonds. The predicted octanol–water partition coefficient (Wildman–Crippen LogP) is 4.86. The Morgan fingerprint density at radius 1 is 0.818 bits per heavy atom. The van der Waals surface area contributed by atoms with Gasteiger partial charge in [0, 0.05) is 50.6 Å². The van der Waals surface area contributed by atoms with Gasteiger partial charge in [-0.1, -0.05) is 36.4 Å². The Labute approximate surface area is 249 Å². The third kappa shape index (κ3) is 6.72. The van der Waals surface area contributed by atoms with Crippen LogP contribution in [0.4, 0.5) is 23.2 Å². The SMILES string of the molecule is O=C(/C=C(\O)c1cc(Cc2ccc(F)c(F)c2F)cn(Cc2cccc(F)c2)c1=O)C(=O)N1CCN(c2ccccc2)CC1. The van der Waals surface area contributed by atoms with Gasteiger partial charge in [0.15, 0.2) is 17.5 Å². The molecule has 226 valence electrons. The number of rotatable bonds is 8. The Balaban J connectivity index is 1.41. The molecule has 2 heterocycles. The third-order valence-electron chi connectivity index (χ3n) is 7.34. The van der Waals surface area contributed by atoms with Gasteiger partial charge in [-0.2, -0.15) is 0 Å². The van der Waals surface area contributed by atoms with Crippen molar-refractivity contribution in [3.05, 3.63) is 141 Å². The Morgan fingerprint density at radius 2 is 1.55 bits per heavy atom. The molecule has 0 aliphatic carbocycles. The van der Waals surface area contributed by atoms with Gasteiger partial charge in [0.25, 0.3) is 11.5 Å². The van der Waals surface area contributed by atoms with Crippen molar-refractivity contribution in [2.45, 2.75) is 13.0 Å². The Kier molecular flexibility index (Phi) is 8.94. The zero-order valence-electron chi connectivity index (χ0n) is 23.4. The second-order valence-corrected chi connectivity index (χ2v) is 10.3. The minimum atomic E-state index is -1.66. The smallest absolute Gasteiger partial charge is 0.294 e. The number of anilines is 1. The van der Waals surface area contributed by atoms with E-state index >= 15 is 0 Å². The number of para-hydroxylation sites is 1. The number of aliphatic hydroxyl groups excluding tert-OH is 1. The lowest BCUT2D eigenvalue weighted by Crippen LogP contribution is -2.50. The summed E-state index contributed by atoms with van der Waals surface area (Å²) in [7, 11) is 0. The molecule has 7 nitrogen and oxygen atoms in total. The van der Waals surface area contributed by atoms with Crippen molar-refractivity contribution in [2.24, 2.45) is 0 Å². The number of hydrogen-bond donors (Lipinski definition) is 1. The minimum absolute atomic E-state index is 0.163. The van der Waals surface area contributed by atoms with Crippen molar-refractivity contribution >= 4 is 23.1 Å². The van der Waals surface area contributed by atoms with Gasteiger partial charge in [-0.3, -0.25) is 14.4 Å². The molecule has 0 spiro atoms. The number of aromatic nitrogens is 1. The summed E-state index contributed by atoms with van der Waals surface area (Å²) in [6.07, 6.45) is 1.65. The van der Waals surface area contributed by atoms with Crippen LogP contribution in [0.5, 0.6) is 0 Å². The number of aliphatic hydroxyl groups is 1. The van der Waals surface area contributed by atoms with E-state index in [1.165, 1.54) is 35.4 Å². The van der Waals surface area contributed by atoms with E-state index in [1.807, 2.05) is 30.3 Å². The summed E-state index contributed by atoms with van der Waals surface area (Å²) in [5.74, 6) is -7.71. The number of pyridine rings is 1. The molecule has 11 heteroatoms. The second kappa shape index (κ2) is 13.0. The number of carbonyl (C=O) groups is 2. The molecule has 1 N–H and O–H groups in total. The Hall–Kier alpha value is -5.19. The first-order valence-corrected chi connectivity index (χ1v) is 13.7. The molecule has 0 bridgehead atoms. The summed E-state index contributed by atoms with van der Waals surface area (Å²) in [5, 5.41) is 10.9. The zero-order valence-corrected chi connectivity index (χ0v) is 23.4. The molecular formula is C33H27F4N3O4. The van der Waals surface area contributed by atoms with Gasteiger partial charge < -0.3 is 19.5 Å². The van der Waals surface area contributed by atoms with E-state index in [0.29, 0.717) is 24.7 Å². The molecule has 4 aromatic rings. The lowest BCUT2D eigenvalue weighted by atomic mass is 10.0. The van der Waals surface area contributed by atoms with Crippen molar-refractivity contribution in [3.8, 4) is 0 Å². The lowest BCUT2D eigenvalue weighted by Gasteiger charge is -2.35. The van der Waals surface area contributed by atoms with E-state index in [1.54, 1.807) is 6.07 Å². The summed E-state index contributed by atoms with van der Waals surface area (Å²) >= 11 is 0. The van der Waals surface area contributed by atoms with Crippen LogP contribution in [0.15, 0.2) is 89.9 Å². The van der Waals surface area contributed by atoms with Crippen molar-refractivity contribution in [2.75, 3.05) is 31.1 Å². The van der Waals surface area contributed by atoms with Crippen molar-refractivity contribution < 1.29 is 32.3 Å². The first-order chi connectivity index (χ1) is 21.1. The minimum Gasteiger partial charge on any atom is -0.507 e. The Morgan fingerprint density at radius 3 is 2.25 bits per heavy atom. The number of nitrogens with zero attached hydrogens (tertiary/aromatic N) is 3. The van der Waals surface area contributed by atoms with Crippen LogP contribution in [0.3, 0.4) is 0 Å². The molecule has 1 aliphatic heterocycles. The number of amides is 1. The molecule has 0 saturated carbocycles. The number of carbonyl (C=O) groups excluding carboxylic acids is 2. The van der Waals surface area contributed by atoms with Crippen molar-refractivity contribution in [1.82, 2.24) is 9.47 Å². The molecule has 5 rings (SSSR count). The second-order valence-electron chi connectivity index (χ2n) is 10.3. The van der Waals surface area contributed by atoms with Gasteiger partial charge >= 0.3 is 0 Å². The number of ketones is 1. The van der Waals surface area contributed by atoms with Crippen molar-refractivity contribution in [3.63, 3.8) is 0 Å².